The largest absolute Gasteiger partial charge is 0.378 e. The Kier molecular flexibility index (Phi) is 3.35. The standard InChI is InChI=1S/C10H6ClN3O3S/c11-7-2-1-6(14(16)17)3-5(7)4-8-9(15)13-10(12)18-8/h1-4H,(H2,12,13,15)/b8-4-. The van der Waals surface area contributed by atoms with Crippen LogP contribution in [0.15, 0.2) is 28.1 Å². The number of aliphatic imine (C=N–C) groups is 1. The first kappa shape index (κ1) is 12.6. The average Bonchev–Trinajstić information content (AvgIpc) is 2.60. The number of carbonyl (C=O) groups is 1. The molecule has 1 heterocycles. The van der Waals surface area contributed by atoms with Crippen molar-refractivity contribution in [2.24, 2.45) is 10.7 Å². The molecule has 1 aliphatic rings. The van der Waals surface area contributed by atoms with Crippen LogP contribution in [-0.4, -0.2) is 16.0 Å². The number of nitro groups is 1. The Morgan fingerprint density at radius 3 is 2.78 bits per heavy atom. The van der Waals surface area contributed by atoms with Gasteiger partial charge in [-0.15, -0.1) is 0 Å². The summed E-state index contributed by atoms with van der Waals surface area (Å²) in [7, 11) is 0. The second-order valence-corrected chi connectivity index (χ2v) is 4.80. The third kappa shape index (κ3) is 2.52. The normalized spacial score (nSPS) is 17.1. The molecule has 0 bridgehead atoms. The lowest BCUT2D eigenvalue weighted by atomic mass is 10.2. The second-order valence-electron chi connectivity index (χ2n) is 3.33. The minimum absolute atomic E-state index is 0.101. The Hall–Kier alpha value is -1.86. The number of hydrogen-bond donors (Lipinski definition) is 1. The number of non-ortho nitro benzene ring substituents is 1. The summed E-state index contributed by atoms with van der Waals surface area (Å²) in [5.74, 6) is -0.472. The smallest absolute Gasteiger partial charge is 0.286 e. The van der Waals surface area contributed by atoms with E-state index in [1.165, 1.54) is 24.3 Å². The van der Waals surface area contributed by atoms with Crippen LogP contribution in [0.1, 0.15) is 5.56 Å². The van der Waals surface area contributed by atoms with Crippen molar-refractivity contribution in [3.63, 3.8) is 0 Å². The molecule has 1 aliphatic heterocycles. The second kappa shape index (κ2) is 4.79. The van der Waals surface area contributed by atoms with Crippen molar-refractivity contribution in [2.75, 3.05) is 0 Å². The van der Waals surface area contributed by atoms with Crippen LogP contribution in [-0.2, 0) is 4.79 Å². The summed E-state index contributed by atoms with van der Waals surface area (Å²) in [4.78, 5) is 25.3. The lowest BCUT2D eigenvalue weighted by molar-refractivity contribution is -0.384. The zero-order valence-electron chi connectivity index (χ0n) is 8.79. The number of amidine groups is 1. The SMILES string of the molecule is NC1=NC(=O)/C(=C/c2cc([N+](=O)[O-])ccc2Cl)S1. The van der Waals surface area contributed by atoms with Crippen LogP contribution in [0.5, 0.6) is 0 Å². The van der Waals surface area contributed by atoms with E-state index in [4.69, 9.17) is 17.3 Å². The van der Waals surface area contributed by atoms with Gasteiger partial charge in [-0.1, -0.05) is 11.6 Å². The van der Waals surface area contributed by atoms with Gasteiger partial charge in [-0.3, -0.25) is 14.9 Å². The molecule has 18 heavy (non-hydrogen) atoms. The Balaban J connectivity index is 2.40. The monoisotopic (exact) mass is 283 g/mol. The lowest BCUT2D eigenvalue weighted by Gasteiger charge is -1.99. The Morgan fingerprint density at radius 1 is 1.50 bits per heavy atom. The molecule has 6 nitrogen and oxygen atoms in total. The number of benzene rings is 1. The van der Waals surface area contributed by atoms with E-state index >= 15 is 0 Å². The predicted molar refractivity (Wildman–Crippen MR) is 70.3 cm³/mol. The molecule has 0 fully saturated rings. The number of carbonyl (C=O) groups excluding carboxylic acids is 1. The molecule has 0 spiro atoms. The fraction of sp³-hybridized carbons (Fsp3) is 0. The van der Waals surface area contributed by atoms with Crippen LogP contribution in [0.3, 0.4) is 0 Å². The average molecular weight is 284 g/mol. The van der Waals surface area contributed by atoms with Crippen LogP contribution >= 0.6 is 23.4 Å². The van der Waals surface area contributed by atoms with Crippen LogP contribution in [0.25, 0.3) is 6.08 Å². The van der Waals surface area contributed by atoms with Gasteiger partial charge in [0.15, 0.2) is 5.17 Å². The molecule has 0 atom stereocenters. The molecule has 1 aromatic rings. The summed E-state index contributed by atoms with van der Waals surface area (Å²) in [6.45, 7) is 0. The minimum atomic E-state index is -0.535. The molecule has 2 N–H and O–H groups in total. The Labute approximate surface area is 111 Å². The summed E-state index contributed by atoms with van der Waals surface area (Å²) in [6.07, 6.45) is 1.44. The van der Waals surface area contributed by atoms with Crippen molar-refractivity contribution < 1.29 is 9.72 Å². The first-order chi connectivity index (χ1) is 8.47. The molecule has 0 aromatic heterocycles. The summed E-state index contributed by atoms with van der Waals surface area (Å²) in [5, 5.41) is 11.1. The number of rotatable bonds is 2. The van der Waals surface area contributed by atoms with Crippen LogP contribution < -0.4 is 5.73 Å². The number of nitrogens with two attached hydrogens (primary N) is 1. The summed E-state index contributed by atoms with van der Waals surface area (Å²) >= 11 is 6.91. The highest BCUT2D eigenvalue weighted by Gasteiger charge is 2.20. The first-order valence-corrected chi connectivity index (χ1v) is 5.89. The zero-order valence-corrected chi connectivity index (χ0v) is 10.4. The number of nitro benzene ring substituents is 1. The summed E-state index contributed by atoms with van der Waals surface area (Å²) in [5.41, 5.74) is 5.68. The number of nitrogens with zero attached hydrogens (tertiary/aromatic N) is 2. The van der Waals surface area contributed by atoms with E-state index < -0.39 is 10.8 Å². The fourth-order valence-corrected chi connectivity index (χ4v) is 2.17. The van der Waals surface area contributed by atoms with E-state index in [2.05, 4.69) is 4.99 Å². The topological polar surface area (TPSA) is 98.6 Å². The van der Waals surface area contributed by atoms with Gasteiger partial charge in [0, 0.05) is 22.7 Å². The van der Waals surface area contributed by atoms with Crippen LogP contribution in [0.4, 0.5) is 5.69 Å². The van der Waals surface area contributed by atoms with E-state index in [0.29, 0.717) is 10.6 Å². The number of amides is 1. The van der Waals surface area contributed by atoms with E-state index in [0.717, 1.165) is 11.8 Å². The van der Waals surface area contributed by atoms with E-state index in [9.17, 15) is 14.9 Å². The molecule has 0 radical (unpaired) electrons. The van der Waals surface area contributed by atoms with Gasteiger partial charge in [-0.05, 0) is 23.9 Å². The maximum Gasteiger partial charge on any atom is 0.286 e. The van der Waals surface area contributed by atoms with Gasteiger partial charge in [0.2, 0.25) is 0 Å². The van der Waals surface area contributed by atoms with Crippen molar-refractivity contribution >= 4 is 46.2 Å². The van der Waals surface area contributed by atoms with Crippen molar-refractivity contribution in [3.8, 4) is 0 Å². The minimum Gasteiger partial charge on any atom is -0.378 e. The van der Waals surface area contributed by atoms with Crippen molar-refractivity contribution in [1.29, 1.82) is 0 Å². The van der Waals surface area contributed by atoms with Gasteiger partial charge in [0.05, 0.1) is 9.83 Å². The van der Waals surface area contributed by atoms with Gasteiger partial charge >= 0.3 is 0 Å². The lowest BCUT2D eigenvalue weighted by Crippen LogP contribution is -2.01. The first-order valence-electron chi connectivity index (χ1n) is 4.69. The van der Waals surface area contributed by atoms with E-state index in [1.54, 1.807) is 0 Å². The molecule has 0 saturated heterocycles. The molecule has 92 valence electrons. The molecule has 0 aliphatic carbocycles. The van der Waals surface area contributed by atoms with E-state index in [-0.39, 0.29) is 15.8 Å². The highest BCUT2D eigenvalue weighted by atomic mass is 35.5. The summed E-state index contributed by atoms with van der Waals surface area (Å²) in [6, 6.07) is 3.98. The fourth-order valence-electron chi connectivity index (χ4n) is 1.32. The number of halogens is 1. The van der Waals surface area contributed by atoms with Gasteiger partial charge in [-0.25, -0.2) is 0 Å². The highest BCUT2D eigenvalue weighted by Crippen LogP contribution is 2.30. The van der Waals surface area contributed by atoms with E-state index in [1.807, 2.05) is 0 Å². The molecule has 8 heteroatoms. The molecule has 0 saturated carbocycles. The van der Waals surface area contributed by atoms with Crippen molar-refractivity contribution in [3.05, 3.63) is 43.8 Å². The van der Waals surface area contributed by atoms with Crippen molar-refractivity contribution in [2.45, 2.75) is 0 Å². The Bertz CT molecular complexity index is 612. The van der Waals surface area contributed by atoms with Gasteiger partial charge in [0.1, 0.15) is 0 Å². The molecule has 1 aromatic carbocycles. The van der Waals surface area contributed by atoms with Crippen LogP contribution in [0, 0.1) is 10.1 Å². The van der Waals surface area contributed by atoms with Crippen molar-refractivity contribution in [1.82, 2.24) is 0 Å². The Morgan fingerprint density at radius 2 is 2.22 bits per heavy atom. The molecular formula is C10H6ClN3O3S. The molecule has 1 amide bonds. The number of hydrogen-bond acceptors (Lipinski definition) is 5. The third-order valence-corrected chi connectivity index (χ3v) is 3.27. The van der Waals surface area contributed by atoms with Gasteiger partial charge < -0.3 is 5.73 Å². The predicted octanol–water partition coefficient (Wildman–Crippen LogP) is 2.18. The van der Waals surface area contributed by atoms with Gasteiger partial charge in [0.25, 0.3) is 11.6 Å². The maximum absolute atomic E-state index is 11.4. The molecular weight excluding hydrogens is 278 g/mol. The van der Waals surface area contributed by atoms with Crippen LogP contribution in [0.2, 0.25) is 5.02 Å². The zero-order chi connectivity index (χ0) is 13.3. The molecule has 2 rings (SSSR count). The quantitative estimate of drug-likeness (QED) is 0.509. The highest BCUT2D eigenvalue weighted by molar-refractivity contribution is 8.18. The third-order valence-electron chi connectivity index (χ3n) is 2.11. The number of thioether (sulfide) groups is 1. The summed E-state index contributed by atoms with van der Waals surface area (Å²) < 4.78 is 0. The molecule has 0 unspecified atom stereocenters. The van der Waals surface area contributed by atoms with Gasteiger partial charge in [-0.2, -0.15) is 4.99 Å². The maximum atomic E-state index is 11.4.